The maximum Gasteiger partial charge on any atom is 0.303 e. The molecular formula is C32H54O4. The van der Waals surface area contributed by atoms with Crippen LogP contribution < -0.4 is 0 Å². The van der Waals surface area contributed by atoms with Gasteiger partial charge in [0, 0.05) is 12.8 Å². The molecule has 206 valence electrons. The highest BCUT2D eigenvalue weighted by atomic mass is 16.4. The molecule has 0 radical (unpaired) electrons. The maximum atomic E-state index is 10.6. The van der Waals surface area contributed by atoms with Gasteiger partial charge in [-0.25, -0.2) is 0 Å². The molecule has 36 heavy (non-hydrogen) atoms. The lowest BCUT2D eigenvalue weighted by atomic mass is 9.93. The van der Waals surface area contributed by atoms with Crippen LogP contribution in [0.4, 0.5) is 0 Å². The molecule has 0 amide bonds. The van der Waals surface area contributed by atoms with Crippen molar-refractivity contribution in [3.63, 3.8) is 0 Å². The first kappa shape index (κ1) is 32.2. The predicted octanol–water partition coefficient (Wildman–Crippen LogP) is 9.31. The van der Waals surface area contributed by atoms with Gasteiger partial charge in [0.25, 0.3) is 0 Å². The summed E-state index contributed by atoms with van der Waals surface area (Å²) in [6.07, 6.45) is 25.4. The minimum atomic E-state index is -0.680. The van der Waals surface area contributed by atoms with Crippen LogP contribution >= 0.6 is 0 Å². The van der Waals surface area contributed by atoms with E-state index in [0.717, 1.165) is 51.4 Å². The van der Waals surface area contributed by atoms with E-state index in [1.807, 2.05) is 0 Å². The molecule has 1 rings (SSSR count). The molecule has 0 saturated carbocycles. The highest BCUT2D eigenvalue weighted by Gasteiger charge is 2.06. The van der Waals surface area contributed by atoms with Crippen LogP contribution in [0.3, 0.4) is 0 Å². The van der Waals surface area contributed by atoms with Crippen LogP contribution in [0.5, 0.6) is 0 Å². The maximum absolute atomic E-state index is 10.6. The Hall–Kier alpha value is -1.84. The summed E-state index contributed by atoms with van der Waals surface area (Å²) < 4.78 is 0. The zero-order valence-corrected chi connectivity index (χ0v) is 23.2. The van der Waals surface area contributed by atoms with Crippen LogP contribution in [0.25, 0.3) is 0 Å². The number of aryl methyl sites for hydroxylation is 3. The van der Waals surface area contributed by atoms with E-state index in [2.05, 4.69) is 25.1 Å². The highest BCUT2D eigenvalue weighted by molar-refractivity contribution is 5.66. The van der Waals surface area contributed by atoms with Crippen molar-refractivity contribution in [2.45, 2.75) is 155 Å². The number of carboxylic acids is 2. The Bertz CT molecular complexity index is 697. The summed E-state index contributed by atoms with van der Waals surface area (Å²) in [7, 11) is 0. The van der Waals surface area contributed by atoms with Gasteiger partial charge in [0.1, 0.15) is 0 Å². The molecule has 1 aromatic carbocycles. The Labute approximate surface area is 221 Å². The van der Waals surface area contributed by atoms with E-state index in [-0.39, 0.29) is 0 Å². The van der Waals surface area contributed by atoms with Crippen LogP contribution in [0.1, 0.15) is 152 Å². The van der Waals surface area contributed by atoms with Crippen molar-refractivity contribution >= 4 is 11.9 Å². The minimum absolute atomic E-state index is 0.302. The third-order valence-corrected chi connectivity index (χ3v) is 7.26. The smallest absolute Gasteiger partial charge is 0.303 e. The van der Waals surface area contributed by atoms with Crippen LogP contribution in [0.15, 0.2) is 18.2 Å². The average molecular weight is 503 g/mol. The SMILES string of the molecule is CCCCCCCCc1ccc(CCCCCCCCC(=O)O)c(CCCCCCCCC(=O)O)c1. The van der Waals surface area contributed by atoms with Gasteiger partial charge in [-0.15, -0.1) is 0 Å². The molecule has 1 aromatic rings. The van der Waals surface area contributed by atoms with Gasteiger partial charge in [-0.05, 0) is 68.1 Å². The van der Waals surface area contributed by atoms with E-state index in [4.69, 9.17) is 10.2 Å². The zero-order valence-electron chi connectivity index (χ0n) is 23.2. The topological polar surface area (TPSA) is 74.6 Å². The van der Waals surface area contributed by atoms with E-state index in [1.54, 1.807) is 5.56 Å². The Balaban J connectivity index is 2.43. The molecule has 0 fully saturated rings. The number of hydrogen-bond donors (Lipinski definition) is 2. The van der Waals surface area contributed by atoms with Gasteiger partial charge in [0.05, 0.1) is 0 Å². The van der Waals surface area contributed by atoms with Crippen molar-refractivity contribution in [3.8, 4) is 0 Å². The quantitative estimate of drug-likeness (QED) is 0.131. The fourth-order valence-electron chi connectivity index (χ4n) is 5.02. The molecule has 0 atom stereocenters. The second-order valence-corrected chi connectivity index (χ2v) is 10.7. The third kappa shape index (κ3) is 18.4. The molecule has 0 bridgehead atoms. The summed E-state index contributed by atoms with van der Waals surface area (Å²) in [6, 6.07) is 7.24. The molecule has 0 aliphatic carbocycles. The van der Waals surface area contributed by atoms with Crippen LogP contribution in [-0.4, -0.2) is 22.2 Å². The number of hydrogen-bond acceptors (Lipinski definition) is 2. The van der Waals surface area contributed by atoms with Gasteiger partial charge < -0.3 is 10.2 Å². The minimum Gasteiger partial charge on any atom is -0.481 e. The normalized spacial score (nSPS) is 11.1. The summed E-state index contributed by atoms with van der Waals surface area (Å²) in [6.45, 7) is 2.27. The van der Waals surface area contributed by atoms with Gasteiger partial charge in [-0.2, -0.15) is 0 Å². The average Bonchev–Trinajstić information content (AvgIpc) is 2.85. The second kappa shape index (κ2) is 22.4. The number of aliphatic carboxylic acids is 2. The standard InChI is InChI=1S/C32H54O4/c1-2-3-4-5-10-15-20-28-25-26-29(21-16-11-6-8-13-18-23-31(33)34)30(27-28)22-17-12-7-9-14-19-24-32(35)36/h25-27H,2-24H2,1H3,(H,33,34)(H,35,36). The van der Waals surface area contributed by atoms with Crippen molar-refractivity contribution in [1.29, 1.82) is 0 Å². The number of carbonyl (C=O) groups is 2. The van der Waals surface area contributed by atoms with Gasteiger partial charge in [-0.3, -0.25) is 9.59 Å². The molecule has 0 aliphatic rings. The molecule has 0 unspecified atom stereocenters. The molecule has 0 aliphatic heterocycles. The fourth-order valence-corrected chi connectivity index (χ4v) is 5.02. The van der Waals surface area contributed by atoms with Gasteiger partial charge in [0.2, 0.25) is 0 Å². The van der Waals surface area contributed by atoms with E-state index < -0.39 is 11.9 Å². The summed E-state index contributed by atoms with van der Waals surface area (Å²) in [5.74, 6) is -1.36. The molecular weight excluding hydrogens is 448 g/mol. The first-order valence-corrected chi connectivity index (χ1v) is 15.1. The van der Waals surface area contributed by atoms with Crippen LogP contribution in [-0.2, 0) is 28.9 Å². The summed E-state index contributed by atoms with van der Waals surface area (Å²) >= 11 is 0. The lowest BCUT2D eigenvalue weighted by molar-refractivity contribution is -0.138. The summed E-state index contributed by atoms with van der Waals surface area (Å²) in [5.41, 5.74) is 4.57. The van der Waals surface area contributed by atoms with Crippen molar-refractivity contribution < 1.29 is 19.8 Å². The van der Waals surface area contributed by atoms with Gasteiger partial charge in [0.15, 0.2) is 0 Å². The molecule has 0 aromatic heterocycles. The molecule has 4 heteroatoms. The number of rotatable bonds is 25. The van der Waals surface area contributed by atoms with E-state index in [9.17, 15) is 9.59 Å². The Kier molecular flexibility index (Phi) is 20.0. The van der Waals surface area contributed by atoms with E-state index in [0.29, 0.717) is 12.8 Å². The lowest BCUT2D eigenvalue weighted by Crippen LogP contribution is -1.99. The first-order chi connectivity index (χ1) is 17.5. The van der Waals surface area contributed by atoms with Crippen LogP contribution in [0, 0.1) is 0 Å². The zero-order chi connectivity index (χ0) is 26.3. The van der Waals surface area contributed by atoms with Crippen molar-refractivity contribution in [2.24, 2.45) is 0 Å². The van der Waals surface area contributed by atoms with Crippen LogP contribution in [0.2, 0.25) is 0 Å². The number of benzene rings is 1. The predicted molar refractivity (Wildman–Crippen MR) is 151 cm³/mol. The summed E-state index contributed by atoms with van der Waals surface area (Å²) in [4.78, 5) is 21.2. The third-order valence-electron chi connectivity index (χ3n) is 7.26. The van der Waals surface area contributed by atoms with Crippen molar-refractivity contribution in [2.75, 3.05) is 0 Å². The monoisotopic (exact) mass is 502 g/mol. The van der Waals surface area contributed by atoms with Gasteiger partial charge in [-0.1, -0.05) is 109 Å². The number of carboxylic acid groups (broad SMARTS) is 2. The lowest BCUT2D eigenvalue weighted by Gasteiger charge is -2.13. The fraction of sp³-hybridized carbons (Fsp3) is 0.750. The Morgan fingerprint density at radius 3 is 1.44 bits per heavy atom. The number of unbranched alkanes of at least 4 members (excludes halogenated alkanes) is 15. The van der Waals surface area contributed by atoms with E-state index >= 15 is 0 Å². The highest BCUT2D eigenvalue weighted by Crippen LogP contribution is 2.21. The Morgan fingerprint density at radius 2 is 0.944 bits per heavy atom. The molecule has 4 nitrogen and oxygen atoms in total. The summed E-state index contributed by atoms with van der Waals surface area (Å²) in [5, 5.41) is 17.5. The van der Waals surface area contributed by atoms with E-state index in [1.165, 1.54) is 94.6 Å². The largest absolute Gasteiger partial charge is 0.481 e. The molecule has 0 saturated heterocycles. The molecule has 2 N–H and O–H groups in total. The van der Waals surface area contributed by atoms with Crippen molar-refractivity contribution in [3.05, 3.63) is 34.9 Å². The second-order valence-electron chi connectivity index (χ2n) is 10.7. The molecule has 0 heterocycles. The molecule has 0 spiro atoms. The van der Waals surface area contributed by atoms with Crippen molar-refractivity contribution in [1.82, 2.24) is 0 Å². The Morgan fingerprint density at radius 1 is 0.528 bits per heavy atom. The first-order valence-electron chi connectivity index (χ1n) is 15.1. The van der Waals surface area contributed by atoms with Gasteiger partial charge >= 0.3 is 11.9 Å².